The largest absolute Gasteiger partial charge is 0.393 e. The molecule has 2 amide bonds. The number of aliphatic hydroxyl groups excluding tert-OH is 1. The van der Waals surface area contributed by atoms with E-state index < -0.39 is 5.41 Å². The van der Waals surface area contributed by atoms with Gasteiger partial charge < -0.3 is 15.3 Å². The Bertz CT molecular complexity index is 321. The number of likely N-dealkylation sites (tertiary alicyclic amines) is 1. The third kappa shape index (κ3) is 3.98. The summed E-state index contributed by atoms with van der Waals surface area (Å²) in [6.45, 7) is 8.48. The Labute approximate surface area is 109 Å². The van der Waals surface area contributed by atoms with Crippen LogP contribution in [-0.2, 0) is 9.59 Å². The minimum atomic E-state index is -0.479. The highest BCUT2D eigenvalue weighted by Gasteiger charge is 2.29. The van der Waals surface area contributed by atoms with Crippen molar-refractivity contribution in [3.05, 3.63) is 0 Å². The van der Waals surface area contributed by atoms with Gasteiger partial charge in [-0.1, -0.05) is 20.8 Å². The van der Waals surface area contributed by atoms with E-state index in [4.69, 9.17) is 0 Å². The van der Waals surface area contributed by atoms with Crippen molar-refractivity contribution in [2.24, 2.45) is 11.3 Å². The van der Waals surface area contributed by atoms with Gasteiger partial charge in [-0.3, -0.25) is 9.59 Å². The fourth-order valence-electron chi connectivity index (χ4n) is 1.94. The van der Waals surface area contributed by atoms with E-state index in [0.29, 0.717) is 13.1 Å². The van der Waals surface area contributed by atoms with Crippen LogP contribution in [0.25, 0.3) is 0 Å². The SMILES string of the molecule is CC(O)C1CCN(C(=O)CNC(=O)C(C)(C)C)C1. The van der Waals surface area contributed by atoms with Crippen molar-refractivity contribution in [1.29, 1.82) is 0 Å². The summed E-state index contributed by atoms with van der Waals surface area (Å²) in [6, 6.07) is 0. The van der Waals surface area contributed by atoms with Gasteiger partial charge in [0, 0.05) is 24.4 Å². The Morgan fingerprint density at radius 3 is 2.50 bits per heavy atom. The Morgan fingerprint density at radius 1 is 1.44 bits per heavy atom. The number of aliphatic hydroxyl groups is 1. The zero-order chi connectivity index (χ0) is 13.9. The average Bonchev–Trinajstić information content (AvgIpc) is 2.73. The van der Waals surface area contributed by atoms with Crippen LogP contribution in [0.2, 0.25) is 0 Å². The molecule has 1 aliphatic heterocycles. The average molecular weight is 256 g/mol. The highest BCUT2D eigenvalue weighted by molar-refractivity contribution is 5.87. The zero-order valence-electron chi connectivity index (χ0n) is 11.7. The topological polar surface area (TPSA) is 69.6 Å². The summed E-state index contributed by atoms with van der Waals surface area (Å²) in [4.78, 5) is 25.2. The van der Waals surface area contributed by atoms with Gasteiger partial charge in [-0.2, -0.15) is 0 Å². The molecule has 18 heavy (non-hydrogen) atoms. The van der Waals surface area contributed by atoms with Crippen LogP contribution in [-0.4, -0.2) is 47.6 Å². The predicted molar refractivity (Wildman–Crippen MR) is 68.8 cm³/mol. The van der Waals surface area contributed by atoms with Crippen LogP contribution in [0.3, 0.4) is 0 Å². The van der Waals surface area contributed by atoms with Gasteiger partial charge in [0.25, 0.3) is 0 Å². The van der Waals surface area contributed by atoms with Crippen LogP contribution in [0, 0.1) is 11.3 Å². The van der Waals surface area contributed by atoms with Crippen molar-refractivity contribution in [3.63, 3.8) is 0 Å². The van der Waals surface area contributed by atoms with E-state index in [1.807, 2.05) is 20.8 Å². The number of nitrogens with zero attached hydrogens (tertiary/aromatic N) is 1. The van der Waals surface area contributed by atoms with Crippen molar-refractivity contribution in [1.82, 2.24) is 10.2 Å². The lowest BCUT2D eigenvalue weighted by Crippen LogP contribution is -2.43. The number of carbonyl (C=O) groups is 2. The molecule has 5 nitrogen and oxygen atoms in total. The second-order valence-corrected chi connectivity index (χ2v) is 6.06. The maximum atomic E-state index is 11.9. The van der Waals surface area contributed by atoms with Gasteiger partial charge in [-0.25, -0.2) is 0 Å². The molecule has 0 saturated carbocycles. The smallest absolute Gasteiger partial charge is 0.241 e. The molecule has 2 unspecified atom stereocenters. The first-order valence-corrected chi connectivity index (χ1v) is 6.46. The fraction of sp³-hybridized carbons (Fsp3) is 0.846. The molecular formula is C13H24N2O3. The first kappa shape index (κ1) is 15.0. The number of nitrogens with one attached hydrogen (secondary N) is 1. The molecule has 1 fully saturated rings. The quantitative estimate of drug-likeness (QED) is 0.767. The van der Waals surface area contributed by atoms with Crippen LogP contribution < -0.4 is 5.32 Å². The second-order valence-electron chi connectivity index (χ2n) is 6.06. The Morgan fingerprint density at radius 2 is 2.06 bits per heavy atom. The molecule has 1 saturated heterocycles. The molecule has 0 aromatic heterocycles. The molecule has 1 rings (SSSR count). The van der Waals surface area contributed by atoms with E-state index in [9.17, 15) is 14.7 Å². The fourth-order valence-corrected chi connectivity index (χ4v) is 1.94. The van der Waals surface area contributed by atoms with Gasteiger partial charge in [-0.05, 0) is 13.3 Å². The van der Waals surface area contributed by atoms with E-state index in [2.05, 4.69) is 5.32 Å². The number of hydrogen-bond acceptors (Lipinski definition) is 3. The lowest BCUT2D eigenvalue weighted by molar-refractivity contribution is -0.134. The highest BCUT2D eigenvalue weighted by Crippen LogP contribution is 2.19. The standard InChI is InChI=1S/C13H24N2O3/c1-9(16)10-5-6-15(8-10)11(17)7-14-12(18)13(2,3)4/h9-10,16H,5-8H2,1-4H3,(H,14,18). The summed E-state index contributed by atoms with van der Waals surface area (Å²) in [5.41, 5.74) is -0.479. The summed E-state index contributed by atoms with van der Waals surface area (Å²) >= 11 is 0. The molecular weight excluding hydrogens is 232 g/mol. The first-order valence-electron chi connectivity index (χ1n) is 6.46. The van der Waals surface area contributed by atoms with Crippen LogP contribution in [0.15, 0.2) is 0 Å². The van der Waals surface area contributed by atoms with Gasteiger partial charge in [0.2, 0.25) is 11.8 Å². The molecule has 5 heteroatoms. The molecule has 0 aromatic rings. The van der Waals surface area contributed by atoms with Crippen LogP contribution in [0.5, 0.6) is 0 Å². The Hall–Kier alpha value is -1.10. The number of carbonyl (C=O) groups excluding carboxylic acids is 2. The molecule has 0 aromatic carbocycles. The van der Waals surface area contributed by atoms with Gasteiger partial charge in [0.1, 0.15) is 0 Å². The molecule has 0 bridgehead atoms. The van der Waals surface area contributed by atoms with Crippen molar-refractivity contribution in [3.8, 4) is 0 Å². The normalized spacial score (nSPS) is 21.8. The third-order valence-electron chi connectivity index (χ3n) is 3.34. The molecule has 2 atom stereocenters. The van der Waals surface area contributed by atoms with Gasteiger partial charge in [0.05, 0.1) is 12.6 Å². The summed E-state index contributed by atoms with van der Waals surface area (Å²) in [5, 5.41) is 12.1. The van der Waals surface area contributed by atoms with Crippen LogP contribution in [0.4, 0.5) is 0 Å². The van der Waals surface area contributed by atoms with E-state index in [1.54, 1.807) is 11.8 Å². The summed E-state index contributed by atoms with van der Waals surface area (Å²) < 4.78 is 0. The minimum Gasteiger partial charge on any atom is -0.393 e. The molecule has 1 heterocycles. The van der Waals surface area contributed by atoms with Gasteiger partial charge in [0.15, 0.2) is 0 Å². The number of rotatable bonds is 3. The molecule has 0 aliphatic carbocycles. The first-order chi connectivity index (χ1) is 8.21. The van der Waals surface area contributed by atoms with E-state index >= 15 is 0 Å². The lowest BCUT2D eigenvalue weighted by atomic mass is 9.96. The van der Waals surface area contributed by atoms with E-state index in [1.165, 1.54) is 0 Å². The highest BCUT2D eigenvalue weighted by atomic mass is 16.3. The molecule has 104 valence electrons. The monoisotopic (exact) mass is 256 g/mol. The number of amides is 2. The number of hydrogen-bond donors (Lipinski definition) is 2. The minimum absolute atomic E-state index is 0.0443. The maximum Gasteiger partial charge on any atom is 0.241 e. The van der Waals surface area contributed by atoms with Crippen LogP contribution >= 0.6 is 0 Å². The summed E-state index contributed by atoms with van der Waals surface area (Å²) in [5.74, 6) is -0.0369. The molecule has 0 spiro atoms. The van der Waals surface area contributed by atoms with Crippen molar-refractivity contribution in [2.75, 3.05) is 19.6 Å². The van der Waals surface area contributed by atoms with Gasteiger partial charge in [-0.15, -0.1) is 0 Å². The zero-order valence-corrected chi connectivity index (χ0v) is 11.7. The molecule has 1 aliphatic rings. The van der Waals surface area contributed by atoms with Gasteiger partial charge >= 0.3 is 0 Å². The summed E-state index contributed by atoms with van der Waals surface area (Å²) in [6.07, 6.45) is 0.448. The summed E-state index contributed by atoms with van der Waals surface area (Å²) in [7, 11) is 0. The molecule has 0 radical (unpaired) electrons. The Kier molecular flexibility index (Phi) is 4.73. The van der Waals surface area contributed by atoms with Crippen molar-refractivity contribution >= 4 is 11.8 Å². The predicted octanol–water partition coefficient (Wildman–Crippen LogP) is 0.378. The van der Waals surface area contributed by atoms with Crippen molar-refractivity contribution < 1.29 is 14.7 Å². The van der Waals surface area contributed by atoms with E-state index in [0.717, 1.165) is 6.42 Å². The Balaban J connectivity index is 2.37. The second kappa shape index (κ2) is 5.69. The molecule has 2 N–H and O–H groups in total. The van der Waals surface area contributed by atoms with Crippen LogP contribution in [0.1, 0.15) is 34.1 Å². The third-order valence-corrected chi connectivity index (χ3v) is 3.34. The van der Waals surface area contributed by atoms with E-state index in [-0.39, 0.29) is 30.4 Å². The lowest BCUT2D eigenvalue weighted by Gasteiger charge is -2.21. The van der Waals surface area contributed by atoms with Crippen molar-refractivity contribution in [2.45, 2.75) is 40.2 Å². The maximum absolute atomic E-state index is 11.9.